The van der Waals surface area contributed by atoms with E-state index < -0.39 is 6.67 Å². The maximum atomic E-state index is 13.3. The fourth-order valence-corrected chi connectivity index (χ4v) is 1.91. The summed E-state index contributed by atoms with van der Waals surface area (Å²) in [5.41, 5.74) is 0.708. The molecule has 1 aliphatic rings. The van der Waals surface area contributed by atoms with Crippen molar-refractivity contribution in [2.75, 3.05) is 44.4 Å². The molecule has 3 nitrogen and oxygen atoms in total. The average molecular weight is 242 g/mol. The predicted molar refractivity (Wildman–Crippen MR) is 63.0 cm³/mol. The van der Waals surface area contributed by atoms with Gasteiger partial charge in [0.25, 0.3) is 0 Å². The van der Waals surface area contributed by atoms with Gasteiger partial charge >= 0.3 is 0 Å². The standard InChI is InChI=1S/C12H16F2N2O/c13-3-8-17-12-2-1-10(14)9-11(12)16-6-4-15-5-7-16/h1-2,9,15H,3-8H2. The molecule has 1 aliphatic heterocycles. The Morgan fingerprint density at radius 2 is 2.06 bits per heavy atom. The molecule has 1 heterocycles. The molecule has 0 aliphatic carbocycles. The molecule has 17 heavy (non-hydrogen) atoms. The predicted octanol–water partition coefficient (Wildman–Crippen LogP) is 1.58. The molecule has 2 rings (SSSR count). The van der Waals surface area contributed by atoms with Gasteiger partial charge in [-0.15, -0.1) is 0 Å². The number of anilines is 1. The monoisotopic (exact) mass is 242 g/mol. The Morgan fingerprint density at radius 1 is 1.29 bits per heavy atom. The van der Waals surface area contributed by atoms with Crippen LogP contribution in [-0.4, -0.2) is 39.5 Å². The van der Waals surface area contributed by atoms with Crippen LogP contribution < -0.4 is 15.0 Å². The summed E-state index contributed by atoms with van der Waals surface area (Å²) in [4.78, 5) is 2.05. The van der Waals surface area contributed by atoms with E-state index in [4.69, 9.17) is 4.74 Å². The van der Waals surface area contributed by atoms with E-state index in [0.717, 1.165) is 26.2 Å². The van der Waals surface area contributed by atoms with Gasteiger partial charge in [0.2, 0.25) is 0 Å². The highest BCUT2D eigenvalue weighted by Gasteiger charge is 2.15. The van der Waals surface area contributed by atoms with Gasteiger partial charge in [-0.2, -0.15) is 0 Å². The Morgan fingerprint density at radius 3 is 2.76 bits per heavy atom. The molecule has 1 saturated heterocycles. The van der Waals surface area contributed by atoms with Crippen LogP contribution in [0.3, 0.4) is 0 Å². The highest BCUT2D eigenvalue weighted by Crippen LogP contribution is 2.29. The number of rotatable bonds is 4. The van der Waals surface area contributed by atoms with Crippen molar-refractivity contribution in [2.24, 2.45) is 0 Å². The van der Waals surface area contributed by atoms with E-state index in [-0.39, 0.29) is 12.4 Å². The number of halogens is 2. The van der Waals surface area contributed by atoms with Crippen LogP contribution in [0.5, 0.6) is 5.75 Å². The number of hydrogen-bond donors (Lipinski definition) is 1. The molecular formula is C12H16F2N2O. The topological polar surface area (TPSA) is 24.5 Å². The lowest BCUT2D eigenvalue weighted by molar-refractivity contribution is 0.273. The van der Waals surface area contributed by atoms with Crippen LogP contribution in [0.4, 0.5) is 14.5 Å². The van der Waals surface area contributed by atoms with Gasteiger partial charge in [-0.1, -0.05) is 0 Å². The van der Waals surface area contributed by atoms with E-state index in [0.29, 0.717) is 11.4 Å². The molecule has 0 amide bonds. The second kappa shape index (κ2) is 5.82. The van der Waals surface area contributed by atoms with Crippen molar-refractivity contribution in [2.45, 2.75) is 0 Å². The minimum Gasteiger partial charge on any atom is -0.489 e. The number of nitrogens with zero attached hydrogens (tertiary/aromatic N) is 1. The summed E-state index contributed by atoms with van der Waals surface area (Å²) in [6.07, 6.45) is 0. The lowest BCUT2D eigenvalue weighted by Gasteiger charge is -2.30. The molecule has 1 N–H and O–H groups in total. The van der Waals surface area contributed by atoms with Crippen LogP contribution in [0.2, 0.25) is 0 Å². The molecule has 0 saturated carbocycles. The quantitative estimate of drug-likeness (QED) is 0.867. The highest BCUT2D eigenvalue weighted by molar-refractivity contribution is 5.59. The smallest absolute Gasteiger partial charge is 0.142 e. The van der Waals surface area contributed by atoms with Crippen molar-refractivity contribution in [1.29, 1.82) is 0 Å². The first-order valence-corrected chi connectivity index (χ1v) is 5.75. The highest BCUT2D eigenvalue weighted by atomic mass is 19.1. The Labute approximate surface area is 99.4 Å². The molecule has 0 spiro atoms. The minimum absolute atomic E-state index is 0.00468. The van der Waals surface area contributed by atoms with Crippen LogP contribution in [-0.2, 0) is 0 Å². The molecule has 0 bridgehead atoms. The molecule has 0 unspecified atom stereocenters. The number of hydrogen-bond acceptors (Lipinski definition) is 3. The van der Waals surface area contributed by atoms with Crippen LogP contribution in [0.25, 0.3) is 0 Å². The van der Waals surface area contributed by atoms with Gasteiger partial charge in [-0.05, 0) is 12.1 Å². The molecule has 1 aromatic rings. The molecule has 0 aromatic heterocycles. The van der Waals surface area contributed by atoms with E-state index in [9.17, 15) is 8.78 Å². The summed E-state index contributed by atoms with van der Waals surface area (Å²) in [7, 11) is 0. The lowest BCUT2D eigenvalue weighted by Crippen LogP contribution is -2.43. The third kappa shape index (κ3) is 3.06. The Balaban J connectivity index is 2.19. The third-order valence-corrected chi connectivity index (χ3v) is 2.71. The molecule has 5 heteroatoms. The lowest BCUT2D eigenvalue weighted by atomic mass is 10.2. The van der Waals surface area contributed by atoms with Crippen LogP contribution in [0.15, 0.2) is 18.2 Å². The molecule has 0 atom stereocenters. The summed E-state index contributed by atoms with van der Waals surface area (Å²) in [5, 5.41) is 3.23. The van der Waals surface area contributed by atoms with Crippen molar-refractivity contribution in [1.82, 2.24) is 5.32 Å². The molecule has 1 fully saturated rings. The first kappa shape index (κ1) is 12.1. The molecule has 0 radical (unpaired) electrons. The van der Waals surface area contributed by atoms with Gasteiger partial charge in [0.15, 0.2) is 0 Å². The number of alkyl halides is 1. The van der Waals surface area contributed by atoms with Crippen molar-refractivity contribution < 1.29 is 13.5 Å². The third-order valence-electron chi connectivity index (χ3n) is 2.71. The van der Waals surface area contributed by atoms with Crippen molar-refractivity contribution in [3.63, 3.8) is 0 Å². The van der Waals surface area contributed by atoms with Crippen LogP contribution in [0, 0.1) is 5.82 Å². The zero-order chi connectivity index (χ0) is 12.1. The number of benzene rings is 1. The minimum atomic E-state index is -0.543. The number of piperazine rings is 1. The molecule has 1 aromatic carbocycles. The second-order valence-electron chi connectivity index (χ2n) is 3.89. The zero-order valence-corrected chi connectivity index (χ0v) is 9.59. The van der Waals surface area contributed by atoms with E-state index in [1.54, 1.807) is 6.07 Å². The van der Waals surface area contributed by atoms with Gasteiger partial charge in [0.1, 0.15) is 24.8 Å². The Kier molecular flexibility index (Phi) is 4.14. The van der Waals surface area contributed by atoms with Crippen molar-refractivity contribution in [3.8, 4) is 5.75 Å². The fraction of sp³-hybridized carbons (Fsp3) is 0.500. The fourth-order valence-electron chi connectivity index (χ4n) is 1.91. The average Bonchev–Trinajstić information content (AvgIpc) is 2.38. The van der Waals surface area contributed by atoms with Gasteiger partial charge in [0, 0.05) is 32.2 Å². The largest absolute Gasteiger partial charge is 0.489 e. The van der Waals surface area contributed by atoms with Gasteiger partial charge < -0.3 is 15.0 Å². The first-order valence-electron chi connectivity index (χ1n) is 5.75. The van der Waals surface area contributed by atoms with Gasteiger partial charge in [0.05, 0.1) is 5.69 Å². The Bertz CT molecular complexity index is 368. The first-order chi connectivity index (χ1) is 8.31. The SMILES string of the molecule is FCCOc1ccc(F)cc1N1CCNCC1. The maximum Gasteiger partial charge on any atom is 0.142 e. The zero-order valence-electron chi connectivity index (χ0n) is 9.59. The normalized spacial score (nSPS) is 16.0. The summed E-state index contributed by atoms with van der Waals surface area (Å²) < 4.78 is 30.7. The molecule has 94 valence electrons. The number of ether oxygens (including phenoxy) is 1. The van der Waals surface area contributed by atoms with Crippen molar-refractivity contribution in [3.05, 3.63) is 24.0 Å². The summed E-state index contributed by atoms with van der Waals surface area (Å²) >= 11 is 0. The van der Waals surface area contributed by atoms with E-state index in [1.165, 1.54) is 12.1 Å². The Hall–Kier alpha value is -1.36. The summed E-state index contributed by atoms with van der Waals surface area (Å²) in [6.45, 7) is 2.78. The summed E-state index contributed by atoms with van der Waals surface area (Å²) in [6, 6.07) is 4.33. The van der Waals surface area contributed by atoms with Crippen LogP contribution >= 0.6 is 0 Å². The molecular weight excluding hydrogens is 226 g/mol. The van der Waals surface area contributed by atoms with Gasteiger partial charge in [-0.3, -0.25) is 0 Å². The second-order valence-corrected chi connectivity index (χ2v) is 3.89. The van der Waals surface area contributed by atoms with E-state index in [1.807, 2.05) is 4.90 Å². The van der Waals surface area contributed by atoms with Crippen LogP contribution in [0.1, 0.15) is 0 Å². The van der Waals surface area contributed by atoms with Crippen molar-refractivity contribution >= 4 is 5.69 Å². The summed E-state index contributed by atoms with van der Waals surface area (Å²) in [5.74, 6) is 0.247. The van der Waals surface area contributed by atoms with Gasteiger partial charge in [-0.25, -0.2) is 8.78 Å². The van der Waals surface area contributed by atoms with E-state index >= 15 is 0 Å². The maximum absolute atomic E-state index is 13.3. The number of nitrogens with one attached hydrogen (secondary N) is 1. The van der Waals surface area contributed by atoms with E-state index in [2.05, 4.69) is 5.32 Å².